The van der Waals surface area contributed by atoms with Crippen molar-refractivity contribution in [3.05, 3.63) is 70.6 Å². The van der Waals surface area contributed by atoms with Gasteiger partial charge in [0, 0.05) is 54.4 Å². The number of benzene rings is 1. The van der Waals surface area contributed by atoms with Crippen LogP contribution in [-0.4, -0.2) is 33.6 Å². The van der Waals surface area contributed by atoms with Crippen molar-refractivity contribution in [3.8, 4) is 0 Å². The predicted octanol–water partition coefficient (Wildman–Crippen LogP) is 5.05. The number of piperidine rings is 1. The molecule has 1 aromatic carbocycles. The standard InChI is InChI=1S/C24H25ClN4O/c1-16-9-11-28(24(30)27-13-17-5-7-19(25)8-6-17)15-22(16)29-12-10-18-14-26-21-4-2-3-20(21)23(18)29/h2-3,5-8,10,12,14,16,22H,4,9,11,13,15H2,1H3,(H,27,30)/t16-,22+/m1/s1. The molecule has 3 aromatic rings. The van der Waals surface area contributed by atoms with Crippen molar-refractivity contribution in [2.75, 3.05) is 13.1 Å². The third-order valence-corrected chi connectivity index (χ3v) is 6.64. The van der Waals surface area contributed by atoms with Crippen LogP contribution in [0.15, 0.2) is 48.8 Å². The van der Waals surface area contributed by atoms with Crippen LogP contribution in [0.25, 0.3) is 17.0 Å². The van der Waals surface area contributed by atoms with Gasteiger partial charge >= 0.3 is 6.03 Å². The van der Waals surface area contributed by atoms with Gasteiger partial charge in [-0.2, -0.15) is 0 Å². The fraction of sp³-hybridized carbons (Fsp3) is 0.333. The number of halogens is 1. The second kappa shape index (κ2) is 7.80. The average Bonchev–Trinajstić information content (AvgIpc) is 3.40. The monoisotopic (exact) mass is 420 g/mol. The molecule has 0 unspecified atom stereocenters. The van der Waals surface area contributed by atoms with E-state index in [1.807, 2.05) is 35.4 Å². The van der Waals surface area contributed by atoms with Crippen molar-refractivity contribution in [2.45, 2.75) is 32.4 Å². The van der Waals surface area contributed by atoms with E-state index in [0.29, 0.717) is 24.0 Å². The highest BCUT2D eigenvalue weighted by Crippen LogP contribution is 2.34. The van der Waals surface area contributed by atoms with Crippen molar-refractivity contribution >= 4 is 34.6 Å². The molecule has 5 nitrogen and oxygen atoms in total. The molecule has 154 valence electrons. The molecule has 5 rings (SSSR count). The van der Waals surface area contributed by atoms with Crippen molar-refractivity contribution in [3.63, 3.8) is 0 Å². The van der Waals surface area contributed by atoms with Crippen LogP contribution >= 0.6 is 11.6 Å². The fourth-order valence-corrected chi connectivity index (χ4v) is 4.73. The molecule has 3 heterocycles. The van der Waals surface area contributed by atoms with Gasteiger partial charge in [0.2, 0.25) is 0 Å². The molecular weight excluding hydrogens is 396 g/mol. The first kappa shape index (κ1) is 19.2. The van der Waals surface area contributed by atoms with E-state index in [-0.39, 0.29) is 12.1 Å². The third kappa shape index (κ3) is 3.47. The number of carbonyl (C=O) groups is 1. The van der Waals surface area contributed by atoms with Gasteiger partial charge in [-0.3, -0.25) is 4.98 Å². The van der Waals surface area contributed by atoms with Crippen LogP contribution in [0.1, 0.15) is 36.2 Å². The minimum atomic E-state index is -0.00916. The Balaban J connectivity index is 1.35. The highest BCUT2D eigenvalue weighted by atomic mass is 35.5. The molecule has 2 aliphatic rings. The minimum absolute atomic E-state index is 0.00916. The molecule has 0 radical (unpaired) electrons. The molecule has 30 heavy (non-hydrogen) atoms. The maximum Gasteiger partial charge on any atom is 0.317 e. The van der Waals surface area contributed by atoms with E-state index < -0.39 is 0 Å². The summed E-state index contributed by atoms with van der Waals surface area (Å²) in [6, 6.07) is 9.96. The Morgan fingerprint density at radius 3 is 2.93 bits per heavy atom. The number of allylic oxidation sites excluding steroid dienone is 1. The lowest BCUT2D eigenvalue weighted by atomic mass is 9.93. The number of likely N-dealkylation sites (tertiary alicyclic amines) is 1. The number of amides is 2. The van der Waals surface area contributed by atoms with Gasteiger partial charge in [0.05, 0.1) is 17.3 Å². The largest absolute Gasteiger partial charge is 0.342 e. The lowest BCUT2D eigenvalue weighted by Gasteiger charge is -2.38. The molecule has 6 heteroatoms. The summed E-state index contributed by atoms with van der Waals surface area (Å²) in [4.78, 5) is 19.4. The second-order valence-corrected chi connectivity index (χ2v) is 8.75. The summed E-state index contributed by atoms with van der Waals surface area (Å²) in [6.45, 7) is 4.28. The summed E-state index contributed by atoms with van der Waals surface area (Å²) in [5.41, 5.74) is 4.66. The molecule has 2 amide bonds. The second-order valence-electron chi connectivity index (χ2n) is 8.32. The van der Waals surface area contributed by atoms with Gasteiger partial charge in [0.1, 0.15) is 0 Å². The highest BCUT2D eigenvalue weighted by Gasteiger charge is 2.31. The van der Waals surface area contributed by atoms with Crippen LogP contribution in [0.3, 0.4) is 0 Å². The lowest BCUT2D eigenvalue weighted by Crippen LogP contribution is -2.47. The normalized spacial score (nSPS) is 20.5. The molecule has 1 aliphatic heterocycles. The molecular formula is C24H25ClN4O. The Hall–Kier alpha value is -2.79. The van der Waals surface area contributed by atoms with Crippen LogP contribution in [0.2, 0.25) is 5.02 Å². The molecule has 1 saturated heterocycles. The summed E-state index contributed by atoms with van der Waals surface area (Å²) in [5.74, 6) is 0.495. The van der Waals surface area contributed by atoms with Crippen molar-refractivity contribution in [2.24, 2.45) is 5.92 Å². The maximum absolute atomic E-state index is 12.9. The number of aromatic nitrogens is 2. The Kier molecular flexibility index (Phi) is 4.99. The van der Waals surface area contributed by atoms with E-state index in [4.69, 9.17) is 11.6 Å². The Morgan fingerprint density at radius 2 is 2.10 bits per heavy atom. The van der Waals surface area contributed by atoms with Crippen LogP contribution < -0.4 is 5.32 Å². The van der Waals surface area contributed by atoms with Gasteiger partial charge in [-0.05, 0) is 36.1 Å². The number of nitrogens with zero attached hydrogens (tertiary/aromatic N) is 3. The molecule has 1 N–H and O–H groups in total. The number of fused-ring (bicyclic) bond motifs is 3. The van der Waals surface area contributed by atoms with Gasteiger partial charge in [0.25, 0.3) is 0 Å². The molecule has 0 bridgehead atoms. The number of pyridine rings is 1. The number of rotatable bonds is 3. The Bertz CT molecular complexity index is 1120. The van der Waals surface area contributed by atoms with E-state index in [0.717, 1.165) is 36.0 Å². The topological polar surface area (TPSA) is 50.2 Å². The van der Waals surface area contributed by atoms with Crippen LogP contribution in [0.4, 0.5) is 4.79 Å². The van der Waals surface area contributed by atoms with Gasteiger partial charge in [-0.1, -0.05) is 42.8 Å². The van der Waals surface area contributed by atoms with Gasteiger partial charge in [-0.15, -0.1) is 0 Å². The summed E-state index contributed by atoms with van der Waals surface area (Å²) >= 11 is 5.95. The zero-order chi connectivity index (χ0) is 20.7. The first-order chi connectivity index (χ1) is 14.6. The number of hydrogen-bond acceptors (Lipinski definition) is 2. The molecule has 0 spiro atoms. The molecule has 1 fully saturated rings. The quantitative estimate of drug-likeness (QED) is 0.644. The first-order valence-electron chi connectivity index (χ1n) is 10.5. The number of hydrogen-bond donors (Lipinski definition) is 1. The summed E-state index contributed by atoms with van der Waals surface area (Å²) in [5, 5.41) is 4.93. The zero-order valence-electron chi connectivity index (χ0n) is 17.0. The van der Waals surface area contributed by atoms with Gasteiger partial charge in [0.15, 0.2) is 0 Å². The molecule has 1 aliphatic carbocycles. The van der Waals surface area contributed by atoms with E-state index >= 15 is 0 Å². The van der Waals surface area contributed by atoms with Gasteiger partial charge < -0.3 is 14.8 Å². The van der Waals surface area contributed by atoms with Crippen LogP contribution in [0, 0.1) is 5.92 Å². The number of carbonyl (C=O) groups excluding carboxylic acids is 1. The van der Waals surface area contributed by atoms with Crippen molar-refractivity contribution in [1.29, 1.82) is 0 Å². The van der Waals surface area contributed by atoms with E-state index in [1.165, 1.54) is 11.1 Å². The van der Waals surface area contributed by atoms with Crippen LogP contribution in [-0.2, 0) is 13.0 Å². The number of nitrogens with one attached hydrogen (secondary N) is 1. The minimum Gasteiger partial charge on any atom is -0.342 e. The Labute approximate surface area is 181 Å². The fourth-order valence-electron chi connectivity index (χ4n) is 4.61. The van der Waals surface area contributed by atoms with Crippen molar-refractivity contribution < 1.29 is 4.79 Å². The zero-order valence-corrected chi connectivity index (χ0v) is 17.8. The molecule has 2 atom stereocenters. The van der Waals surface area contributed by atoms with E-state index in [9.17, 15) is 4.79 Å². The maximum atomic E-state index is 12.9. The average molecular weight is 421 g/mol. The Morgan fingerprint density at radius 1 is 1.27 bits per heavy atom. The SMILES string of the molecule is C[C@@H]1CCN(C(=O)NCc2ccc(Cl)cc2)C[C@@H]1n1ccc2cnc3c(c21)C=CC3. The molecule has 0 saturated carbocycles. The van der Waals surface area contributed by atoms with Gasteiger partial charge in [-0.25, -0.2) is 4.79 Å². The van der Waals surface area contributed by atoms with E-state index in [2.05, 4.69) is 46.2 Å². The summed E-state index contributed by atoms with van der Waals surface area (Å²) in [7, 11) is 0. The lowest BCUT2D eigenvalue weighted by molar-refractivity contribution is 0.141. The first-order valence-corrected chi connectivity index (χ1v) is 10.9. The molecule has 2 aromatic heterocycles. The third-order valence-electron chi connectivity index (χ3n) is 6.39. The van der Waals surface area contributed by atoms with E-state index in [1.54, 1.807) is 0 Å². The predicted molar refractivity (Wildman–Crippen MR) is 121 cm³/mol. The summed E-state index contributed by atoms with van der Waals surface area (Å²) < 4.78 is 2.37. The smallest absolute Gasteiger partial charge is 0.317 e. The summed E-state index contributed by atoms with van der Waals surface area (Å²) in [6.07, 6.45) is 10.4. The number of urea groups is 1. The highest BCUT2D eigenvalue weighted by molar-refractivity contribution is 6.30. The van der Waals surface area contributed by atoms with Crippen LogP contribution in [0.5, 0.6) is 0 Å². The van der Waals surface area contributed by atoms with Crippen molar-refractivity contribution in [1.82, 2.24) is 19.8 Å².